The van der Waals surface area contributed by atoms with E-state index in [0.717, 1.165) is 12.8 Å². The molecule has 0 radical (unpaired) electrons. The molecule has 0 aromatic heterocycles. The first kappa shape index (κ1) is 21.6. The molecule has 26 heavy (non-hydrogen) atoms. The number of nitrogens with zero attached hydrogens (tertiary/aromatic N) is 2. The number of alkyl halides is 3. The minimum Gasteiger partial charge on any atom is -0.405 e. The Morgan fingerprint density at radius 2 is 1.92 bits per heavy atom. The number of hydrogen-bond acceptors (Lipinski definition) is 3. The van der Waals surface area contributed by atoms with Crippen LogP contribution >= 0.6 is 0 Å². The normalized spacial score (nSPS) is 11.8. The number of aliphatic imine (C=N–C) groups is 1. The molecule has 0 saturated heterocycles. The van der Waals surface area contributed by atoms with Gasteiger partial charge in [-0.1, -0.05) is 31.5 Å². The van der Waals surface area contributed by atoms with Gasteiger partial charge in [0.25, 0.3) is 0 Å². The molecular weight excluding hydrogens is 349 g/mol. The Bertz CT molecular complexity index is 604. The smallest absolute Gasteiger partial charge is 0.405 e. The Morgan fingerprint density at radius 1 is 1.23 bits per heavy atom. The van der Waals surface area contributed by atoms with Gasteiger partial charge in [0.05, 0.1) is 13.1 Å². The molecule has 6 nitrogen and oxygen atoms in total. The average molecular weight is 374 g/mol. The van der Waals surface area contributed by atoms with Gasteiger partial charge in [-0.25, -0.2) is 4.99 Å². The number of likely N-dealkylation sites (N-methyl/N-ethyl adjacent to an activating group) is 1. The number of amides is 1. The molecule has 0 aliphatic heterocycles. The molecule has 0 unspecified atom stereocenters. The van der Waals surface area contributed by atoms with E-state index in [9.17, 15) is 18.0 Å². The van der Waals surface area contributed by atoms with Crippen molar-refractivity contribution in [2.24, 2.45) is 4.99 Å². The van der Waals surface area contributed by atoms with Crippen molar-refractivity contribution in [2.75, 3.05) is 27.2 Å². The fraction of sp³-hybridized carbons (Fsp3) is 0.529. The average Bonchev–Trinajstić information content (AvgIpc) is 2.56. The Balaban J connectivity index is 2.83. The summed E-state index contributed by atoms with van der Waals surface area (Å²) in [5.74, 6) is -0.0766. The van der Waals surface area contributed by atoms with Gasteiger partial charge in [-0.2, -0.15) is 0 Å². The van der Waals surface area contributed by atoms with Gasteiger partial charge in [-0.3, -0.25) is 4.79 Å². The van der Waals surface area contributed by atoms with Crippen molar-refractivity contribution in [3.63, 3.8) is 0 Å². The molecule has 1 rings (SSSR count). The number of hydrogen-bond donors (Lipinski definition) is 2. The summed E-state index contributed by atoms with van der Waals surface area (Å²) in [6, 6.07) is 5.83. The van der Waals surface area contributed by atoms with E-state index < -0.39 is 6.36 Å². The van der Waals surface area contributed by atoms with E-state index in [1.807, 2.05) is 6.92 Å². The van der Waals surface area contributed by atoms with Crippen molar-refractivity contribution in [1.29, 1.82) is 0 Å². The number of benzene rings is 1. The number of para-hydroxylation sites is 1. The molecule has 0 fully saturated rings. The maximum atomic E-state index is 12.5. The highest BCUT2D eigenvalue weighted by molar-refractivity contribution is 5.86. The van der Waals surface area contributed by atoms with E-state index in [1.54, 1.807) is 20.2 Å². The monoisotopic (exact) mass is 374 g/mol. The summed E-state index contributed by atoms with van der Waals surface area (Å²) >= 11 is 0. The van der Waals surface area contributed by atoms with E-state index in [-0.39, 0.29) is 24.7 Å². The minimum absolute atomic E-state index is 0.0239. The molecule has 146 valence electrons. The first-order valence-corrected chi connectivity index (χ1v) is 8.29. The lowest BCUT2D eigenvalue weighted by molar-refractivity contribution is -0.274. The molecule has 0 saturated carbocycles. The third-order valence-corrected chi connectivity index (χ3v) is 3.33. The van der Waals surface area contributed by atoms with Crippen LogP contribution in [0.5, 0.6) is 5.75 Å². The van der Waals surface area contributed by atoms with Gasteiger partial charge in [0.15, 0.2) is 5.96 Å². The Labute approximate surface area is 151 Å². The predicted octanol–water partition coefficient (Wildman–Crippen LogP) is 2.51. The van der Waals surface area contributed by atoms with E-state index in [1.165, 1.54) is 23.1 Å². The second-order valence-electron chi connectivity index (χ2n) is 5.74. The maximum absolute atomic E-state index is 12.5. The van der Waals surface area contributed by atoms with Crippen LogP contribution in [0.15, 0.2) is 29.3 Å². The van der Waals surface area contributed by atoms with Crippen molar-refractivity contribution >= 4 is 11.9 Å². The molecule has 0 bridgehead atoms. The maximum Gasteiger partial charge on any atom is 0.573 e. The summed E-state index contributed by atoms with van der Waals surface area (Å²) in [6.45, 7) is 2.68. The fourth-order valence-electron chi connectivity index (χ4n) is 1.90. The Hall–Kier alpha value is -2.45. The predicted molar refractivity (Wildman–Crippen MR) is 93.9 cm³/mol. The molecule has 0 aliphatic carbocycles. The lowest BCUT2D eigenvalue weighted by atomic mass is 10.2. The highest BCUT2D eigenvalue weighted by atomic mass is 19.4. The Morgan fingerprint density at radius 3 is 2.54 bits per heavy atom. The summed E-state index contributed by atoms with van der Waals surface area (Å²) < 4.78 is 41.5. The van der Waals surface area contributed by atoms with Crippen LogP contribution in [0.2, 0.25) is 0 Å². The summed E-state index contributed by atoms with van der Waals surface area (Å²) in [5.41, 5.74) is 0.292. The number of halogens is 3. The van der Waals surface area contributed by atoms with Gasteiger partial charge in [0.2, 0.25) is 5.91 Å². The van der Waals surface area contributed by atoms with Gasteiger partial charge in [0, 0.05) is 26.2 Å². The first-order valence-electron chi connectivity index (χ1n) is 8.29. The number of nitrogens with one attached hydrogen (secondary N) is 2. The van der Waals surface area contributed by atoms with Crippen molar-refractivity contribution in [3.8, 4) is 5.75 Å². The van der Waals surface area contributed by atoms with E-state index >= 15 is 0 Å². The van der Waals surface area contributed by atoms with Crippen LogP contribution in [0.25, 0.3) is 0 Å². The van der Waals surface area contributed by atoms with Gasteiger partial charge < -0.3 is 20.3 Å². The molecule has 0 aliphatic rings. The van der Waals surface area contributed by atoms with Crippen LogP contribution < -0.4 is 15.4 Å². The fourth-order valence-corrected chi connectivity index (χ4v) is 1.90. The van der Waals surface area contributed by atoms with Crippen molar-refractivity contribution in [1.82, 2.24) is 15.5 Å². The number of ether oxygens (including phenoxy) is 1. The van der Waals surface area contributed by atoms with Crippen LogP contribution in [0.1, 0.15) is 25.3 Å². The van der Waals surface area contributed by atoms with Gasteiger partial charge in [0.1, 0.15) is 5.75 Å². The van der Waals surface area contributed by atoms with Gasteiger partial charge in [-0.15, -0.1) is 13.2 Å². The highest BCUT2D eigenvalue weighted by Gasteiger charge is 2.31. The molecule has 2 N–H and O–H groups in total. The van der Waals surface area contributed by atoms with Crippen molar-refractivity contribution in [3.05, 3.63) is 29.8 Å². The van der Waals surface area contributed by atoms with Crippen LogP contribution in [0.4, 0.5) is 13.2 Å². The lowest BCUT2D eigenvalue weighted by Crippen LogP contribution is -2.43. The first-order chi connectivity index (χ1) is 12.2. The molecule has 0 atom stereocenters. The van der Waals surface area contributed by atoms with Crippen LogP contribution in [0.3, 0.4) is 0 Å². The van der Waals surface area contributed by atoms with Gasteiger partial charge >= 0.3 is 6.36 Å². The molecule has 0 spiro atoms. The summed E-state index contributed by atoms with van der Waals surface area (Å²) in [5, 5.41) is 5.94. The zero-order chi connectivity index (χ0) is 19.6. The SMILES string of the molecule is CCCCNC(=NCc1ccccc1OC(F)(F)F)NCC(=O)N(C)C. The second kappa shape index (κ2) is 10.5. The van der Waals surface area contributed by atoms with Crippen LogP contribution in [-0.4, -0.2) is 50.3 Å². The number of unbranched alkanes of at least 4 members (excludes halogenated alkanes) is 1. The molecular formula is C17H25F3N4O2. The van der Waals surface area contributed by atoms with E-state index in [0.29, 0.717) is 18.1 Å². The zero-order valence-corrected chi connectivity index (χ0v) is 15.2. The van der Waals surface area contributed by atoms with Crippen LogP contribution in [0, 0.1) is 0 Å². The largest absolute Gasteiger partial charge is 0.573 e. The topological polar surface area (TPSA) is 66.0 Å². The Kier molecular flexibility index (Phi) is 8.74. The standard InChI is InChI=1S/C17H25F3N4O2/c1-4-5-10-21-16(23-12-15(25)24(2)3)22-11-13-8-6-7-9-14(13)26-17(18,19)20/h6-9H,4-5,10-12H2,1-3H3,(H2,21,22,23). The quantitative estimate of drug-likeness (QED) is 0.417. The molecule has 1 aromatic rings. The number of carbonyl (C=O) groups is 1. The van der Waals surface area contributed by atoms with E-state index in [4.69, 9.17) is 0 Å². The third-order valence-electron chi connectivity index (χ3n) is 3.33. The van der Waals surface area contributed by atoms with Gasteiger partial charge in [-0.05, 0) is 12.5 Å². The number of guanidine groups is 1. The molecule has 1 aromatic carbocycles. The number of carbonyl (C=O) groups excluding carboxylic acids is 1. The van der Waals surface area contributed by atoms with Crippen LogP contribution in [-0.2, 0) is 11.3 Å². The molecule has 1 amide bonds. The van der Waals surface area contributed by atoms with E-state index in [2.05, 4.69) is 20.4 Å². The minimum atomic E-state index is -4.77. The molecule has 0 heterocycles. The van der Waals surface area contributed by atoms with Crippen molar-refractivity contribution in [2.45, 2.75) is 32.7 Å². The molecule has 9 heteroatoms. The summed E-state index contributed by atoms with van der Waals surface area (Å²) in [6.07, 6.45) is -2.90. The lowest BCUT2D eigenvalue weighted by Gasteiger charge is -2.15. The summed E-state index contributed by atoms with van der Waals surface area (Å²) in [4.78, 5) is 17.4. The highest BCUT2D eigenvalue weighted by Crippen LogP contribution is 2.26. The number of rotatable bonds is 8. The second-order valence-corrected chi connectivity index (χ2v) is 5.74. The summed E-state index contributed by atoms with van der Waals surface area (Å²) in [7, 11) is 3.27. The third kappa shape index (κ3) is 8.59. The zero-order valence-electron chi connectivity index (χ0n) is 15.2. The van der Waals surface area contributed by atoms with Crippen molar-refractivity contribution < 1.29 is 22.7 Å².